The summed E-state index contributed by atoms with van der Waals surface area (Å²) >= 11 is 0. The Morgan fingerprint density at radius 1 is 1.29 bits per heavy atom. The van der Waals surface area contributed by atoms with E-state index >= 15 is 0 Å². The van der Waals surface area contributed by atoms with Crippen molar-refractivity contribution in [2.45, 2.75) is 71.3 Å². The predicted octanol–water partition coefficient (Wildman–Crippen LogP) is 5.00. The van der Waals surface area contributed by atoms with Gasteiger partial charge in [0.2, 0.25) is 0 Å². The Labute approximate surface area is 128 Å². The first-order valence-electron chi connectivity index (χ1n) is 8.13. The second-order valence-corrected chi connectivity index (χ2v) is 7.36. The summed E-state index contributed by atoms with van der Waals surface area (Å²) in [4.78, 5) is 12.3. The summed E-state index contributed by atoms with van der Waals surface area (Å²) in [6.07, 6.45) is 5.57. The number of hydrogen-bond acceptors (Lipinski definition) is 2. The van der Waals surface area contributed by atoms with Crippen molar-refractivity contribution >= 4 is 5.97 Å². The maximum Gasteiger partial charge on any atom is 0.306 e. The Morgan fingerprint density at radius 3 is 2.52 bits per heavy atom. The second-order valence-electron chi connectivity index (χ2n) is 7.36. The number of aryl methyl sites for hydroxylation is 1. The van der Waals surface area contributed by atoms with Gasteiger partial charge in [-0.15, -0.1) is 0 Å². The van der Waals surface area contributed by atoms with Crippen LogP contribution in [-0.4, -0.2) is 11.6 Å². The van der Waals surface area contributed by atoms with E-state index in [0.717, 1.165) is 0 Å². The fraction of sp³-hybridized carbons (Fsp3) is 0.632. The van der Waals surface area contributed by atoms with Crippen molar-refractivity contribution in [3.05, 3.63) is 35.4 Å². The van der Waals surface area contributed by atoms with E-state index in [1.165, 1.54) is 36.8 Å². The molecule has 0 bridgehead atoms. The summed E-state index contributed by atoms with van der Waals surface area (Å²) in [5.74, 6) is 0.863. The summed E-state index contributed by atoms with van der Waals surface area (Å²) in [6, 6.07) is 8.61. The van der Waals surface area contributed by atoms with E-state index in [0.29, 0.717) is 18.3 Å². The zero-order valence-corrected chi connectivity index (χ0v) is 13.8. The average Bonchev–Trinajstić information content (AvgIpc) is 2.87. The lowest BCUT2D eigenvalue weighted by atomic mass is 9.82. The van der Waals surface area contributed by atoms with E-state index < -0.39 is 5.60 Å². The molecule has 0 aromatic heterocycles. The van der Waals surface area contributed by atoms with Crippen LogP contribution in [0.3, 0.4) is 0 Å². The Morgan fingerprint density at radius 2 is 1.95 bits per heavy atom. The largest absolute Gasteiger partial charge is 0.460 e. The van der Waals surface area contributed by atoms with Crippen molar-refractivity contribution < 1.29 is 9.53 Å². The van der Waals surface area contributed by atoms with Gasteiger partial charge in [-0.05, 0) is 57.9 Å². The highest BCUT2D eigenvalue weighted by Gasteiger charge is 2.30. The van der Waals surface area contributed by atoms with Gasteiger partial charge in [0, 0.05) is 0 Å². The minimum atomic E-state index is -0.399. The van der Waals surface area contributed by atoms with Crippen LogP contribution in [0.4, 0.5) is 0 Å². The number of rotatable bonds is 4. The van der Waals surface area contributed by atoms with E-state index in [2.05, 4.69) is 31.2 Å². The van der Waals surface area contributed by atoms with Crippen molar-refractivity contribution in [3.8, 4) is 0 Å². The van der Waals surface area contributed by atoms with Crippen LogP contribution in [-0.2, 0) is 9.53 Å². The summed E-state index contributed by atoms with van der Waals surface area (Å²) in [5.41, 5.74) is 2.16. The predicted molar refractivity (Wildman–Crippen MR) is 86.3 cm³/mol. The van der Waals surface area contributed by atoms with Gasteiger partial charge in [0.15, 0.2) is 0 Å². The van der Waals surface area contributed by atoms with Crippen LogP contribution in [0.1, 0.15) is 69.9 Å². The summed E-state index contributed by atoms with van der Waals surface area (Å²) in [7, 11) is 0. The third-order valence-corrected chi connectivity index (χ3v) is 4.25. The van der Waals surface area contributed by atoms with Gasteiger partial charge in [-0.25, -0.2) is 0 Å². The lowest BCUT2D eigenvalue weighted by molar-refractivity contribution is -0.155. The van der Waals surface area contributed by atoms with Crippen LogP contribution >= 0.6 is 0 Å². The second kappa shape index (κ2) is 6.64. The average molecular weight is 288 g/mol. The molecule has 0 heterocycles. The maximum absolute atomic E-state index is 12.3. The van der Waals surface area contributed by atoms with Crippen molar-refractivity contribution in [1.82, 2.24) is 0 Å². The van der Waals surface area contributed by atoms with Crippen LogP contribution in [0.25, 0.3) is 0 Å². The van der Waals surface area contributed by atoms with Crippen LogP contribution in [0.2, 0.25) is 0 Å². The van der Waals surface area contributed by atoms with Crippen LogP contribution in [0, 0.1) is 12.8 Å². The molecule has 1 fully saturated rings. The number of benzene rings is 1. The van der Waals surface area contributed by atoms with Gasteiger partial charge >= 0.3 is 5.97 Å². The van der Waals surface area contributed by atoms with Gasteiger partial charge in [0.05, 0.1) is 6.42 Å². The molecule has 0 spiro atoms. The highest BCUT2D eigenvalue weighted by molar-refractivity contribution is 5.71. The van der Waals surface area contributed by atoms with Crippen molar-refractivity contribution in [3.63, 3.8) is 0 Å². The Bertz CT molecular complexity index is 479. The van der Waals surface area contributed by atoms with Crippen molar-refractivity contribution in [2.75, 3.05) is 0 Å². The smallest absolute Gasteiger partial charge is 0.306 e. The molecule has 0 aliphatic heterocycles. The van der Waals surface area contributed by atoms with E-state index in [1.54, 1.807) is 0 Å². The SMILES string of the molecule is Cc1cccc(C(CC(=O)OC(C)(C)C)C2CCCC2)c1. The van der Waals surface area contributed by atoms with E-state index in [-0.39, 0.29) is 5.97 Å². The van der Waals surface area contributed by atoms with Crippen LogP contribution in [0.5, 0.6) is 0 Å². The highest BCUT2D eigenvalue weighted by Crippen LogP contribution is 2.40. The molecule has 1 aromatic carbocycles. The topological polar surface area (TPSA) is 26.3 Å². The van der Waals surface area contributed by atoms with Crippen LogP contribution in [0.15, 0.2) is 24.3 Å². The number of esters is 1. The van der Waals surface area contributed by atoms with E-state index in [1.807, 2.05) is 20.8 Å². The number of carbonyl (C=O) groups is 1. The molecule has 1 aliphatic carbocycles. The van der Waals surface area contributed by atoms with Gasteiger partial charge in [-0.1, -0.05) is 42.7 Å². The summed E-state index contributed by atoms with van der Waals surface area (Å²) < 4.78 is 5.54. The monoisotopic (exact) mass is 288 g/mol. The maximum atomic E-state index is 12.3. The van der Waals surface area contributed by atoms with Gasteiger partial charge in [-0.2, -0.15) is 0 Å². The van der Waals surface area contributed by atoms with E-state index in [9.17, 15) is 4.79 Å². The molecule has 1 saturated carbocycles. The molecule has 116 valence electrons. The standard InChI is InChI=1S/C19H28O2/c1-14-8-7-11-16(12-14)17(15-9-5-6-10-15)13-18(20)21-19(2,3)4/h7-8,11-12,15,17H,5-6,9-10,13H2,1-4H3. The van der Waals surface area contributed by atoms with Gasteiger partial charge < -0.3 is 4.74 Å². The Hall–Kier alpha value is -1.31. The molecule has 2 nitrogen and oxygen atoms in total. The third-order valence-electron chi connectivity index (χ3n) is 4.25. The molecular weight excluding hydrogens is 260 g/mol. The molecule has 0 saturated heterocycles. The number of carbonyl (C=O) groups excluding carboxylic acids is 1. The molecule has 1 aromatic rings. The summed E-state index contributed by atoms with van der Waals surface area (Å²) in [6.45, 7) is 7.91. The summed E-state index contributed by atoms with van der Waals surface area (Å²) in [5, 5.41) is 0. The molecule has 1 unspecified atom stereocenters. The first-order valence-corrected chi connectivity index (χ1v) is 8.13. The molecule has 1 atom stereocenters. The van der Waals surface area contributed by atoms with Gasteiger partial charge in [0.25, 0.3) is 0 Å². The number of ether oxygens (including phenoxy) is 1. The van der Waals surface area contributed by atoms with Gasteiger partial charge in [0.1, 0.15) is 5.60 Å². The Balaban J connectivity index is 2.14. The Kier molecular flexibility index (Phi) is 5.08. The molecule has 0 N–H and O–H groups in total. The molecule has 1 aliphatic rings. The fourth-order valence-corrected chi connectivity index (χ4v) is 3.38. The minimum Gasteiger partial charge on any atom is -0.460 e. The van der Waals surface area contributed by atoms with E-state index in [4.69, 9.17) is 4.74 Å². The zero-order valence-electron chi connectivity index (χ0n) is 13.8. The van der Waals surface area contributed by atoms with Gasteiger partial charge in [-0.3, -0.25) is 4.79 Å². The molecule has 0 amide bonds. The zero-order chi connectivity index (χ0) is 15.5. The minimum absolute atomic E-state index is 0.0686. The molecule has 21 heavy (non-hydrogen) atoms. The number of hydrogen-bond donors (Lipinski definition) is 0. The lowest BCUT2D eigenvalue weighted by Crippen LogP contribution is -2.26. The molecule has 2 heteroatoms. The quantitative estimate of drug-likeness (QED) is 0.729. The fourth-order valence-electron chi connectivity index (χ4n) is 3.38. The third kappa shape index (κ3) is 4.87. The van der Waals surface area contributed by atoms with Crippen molar-refractivity contribution in [2.24, 2.45) is 5.92 Å². The highest BCUT2D eigenvalue weighted by atomic mass is 16.6. The van der Waals surface area contributed by atoms with Crippen molar-refractivity contribution in [1.29, 1.82) is 0 Å². The van der Waals surface area contributed by atoms with Crippen LogP contribution < -0.4 is 0 Å². The lowest BCUT2D eigenvalue weighted by Gasteiger charge is -2.26. The first-order chi connectivity index (χ1) is 9.85. The normalized spacial score (nSPS) is 17.7. The molecular formula is C19H28O2. The molecule has 2 rings (SSSR count). The molecule has 0 radical (unpaired) electrons. The first kappa shape index (κ1) is 16.1.